The molecular formula is C19H12N4O8S2. The Morgan fingerprint density at radius 1 is 0.545 bits per heavy atom. The minimum atomic E-state index is -0.734. The van der Waals surface area contributed by atoms with Gasteiger partial charge >= 0.3 is 0 Å². The van der Waals surface area contributed by atoms with Gasteiger partial charge in [0.25, 0.3) is 22.7 Å². The lowest BCUT2D eigenvalue weighted by molar-refractivity contribution is -0.396. The first-order valence-electron chi connectivity index (χ1n) is 8.89. The molecule has 0 saturated carbocycles. The molecule has 0 aliphatic carbocycles. The van der Waals surface area contributed by atoms with Gasteiger partial charge in [-0.25, -0.2) is 0 Å². The fourth-order valence-corrected chi connectivity index (χ4v) is 4.89. The maximum absolute atomic E-state index is 11.5. The van der Waals surface area contributed by atoms with Crippen LogP contribution in [0, 0.1) is 47.4 Å². The van der Waals surface area contributed by atoms with E-state index in [4.69, 9.17) is 0 Å². The Bertz CT molecular complexity index is 1310. The average molecular weight is 488 g/mol. The van der Waals surface area contributed by atoms with Crippen LogP contribution in [0.3, 0.4) is 0 Å². The summed E-state index contributed by atoms with van der Waals surface area (Å²) in [6, 6.07) is 11.7. The highest BCUT2D eigenvalue weighted by atomic mass is 32.2. The largest absolute Gasteiger partial charge is 0.290 e. The highest BCUT2D eigenvalue weighted by molar-refractivity contribution is 8.02. The molecule has 0 saturated heterocycles. The Kier molecular flexibility index (Phi) is 6.89. The SMILES string of the molecule is Cc1ccc(Sc2ccc([N+](=O)[O-])cc2[N+](=O)[O-])c(Sc2ccc([N+](=O)[O-])cc2[N+](=O)[O-])c1. The highest BCUT2D eigenvalue weighted by Crippen LogP contribution is 2.45. The van der Waals surface area contributed by atoms with E-state index in [9.17, 15) is 40.5 Å². The number of rotatable bonds is 8. The molecule has 0 bridgehead atoms. The van der Waals surface area contributed by atoms with Crippen molar-refractivity contribution >= 4 is 46.3 Å². The molecule has 0 amide bonds. The lowest BCUT2D eigenvalue weighted by Crippen LogP contribution is -1.95. The van der Waals surface area contributed by atoms with Gasteiger partial charge in [0.2, 0.25) is 0 Å². The minimum Gasteiger partial charge on any atom is -0.258 e. The molecule has 0 radical (unpaired) electrons. The van der Waals surface area contributed by atoms with Gasteiger partial charge in [-0.05, 0) is 36.8 Å². The van der Waals surface area contributed by atoms with Crippen molar-refractivity contribution in [3.8, 4) is 0 Å². The van der Waals surface area contributed by atoms with E-state index < -0.39 is 42.4 Å². The van der Waals surface area contributed by atoms with Gasteiger partial charge in [-0.1, -0.05) is 29.6 Å². The van der Waals surface area contributed by atoms with Crippen LogP contribution in [0.1, 0.15) is 5.56 Å². The van der Waals surface area contributed by atoms with Gasteiger partial charge < -0.3 is 0 Å². The second-order valence-corrected chi connectivity index (χ2v) is 8.65. The normalized spacial score (nSPS) is 10.6. The zero-order valence-corrected chi connectivity index (χ0v) is 18.2. The Morgan fingerprint density at radius 2 is 0.970 bits per heavy atom. The molecule has 0 atom stereocenters. The molecule has 0 aromatic heterocycles. The van der Waals surface area contributed by atoms with Crippen LogP contribution in [0.5, 0.6) is 0 Å². The van der Waals surface area contributed by atoms with Crippen molar-refractivity contribution in [2.24, 2.45) is 0 Å². The number of nitro benzene ring substituents is 4. The lowest BCUT2D eigenvalue weighted by atomic mass is 10.2. The second-order valence-electron chi connectivity index (χ2n) is 6.49. The van der Waals surface area contributed by atoms with Crippen LogP contribution in [0.15, 0.2) is 74.2 Å². The Labute approximate surface area is 193 Å². The summed E-state index contributed by atoms with van der Waals surface area (Å²) in [5, 5.41) is 44.9. The summed E-state index contributed by atoms with van der Waals surface area (Å²) >= 11 is 1.96. The van der Waals surface area contributed by atoms with Gasteiger partial charge in [-0.3, -0.25) is 40.5 Å². The summed E-state index contributed by atoms with van der Waals surface area (Å²) in [6.45, 7) is 1.79. The van der Waals surface area contributed by atoms with Gasteiger partial charge in [0.05, 0.1) is 41.6 Å². The third-order valence-electron chi connectivity index (χ3n) is 4.24. The topological polar surface area (TPSA) is 173 Å². The van der Waals surface area contributed by atoms with Gasteiger partial charge in [-0.2, -0.15) is 0 Å². The Hall–Kier alpha value is -4.04. The lowest BCUT2D eigenvalue weighted by Gasteiger charge is -2.11. The monoisotopic (exact) mass is 488 g/mol. The standard InChI is InChI=1S/C19H12N4O8S2/c1-11-2-5-18(32-16-6-3-12(20(24)25)9-14(16)22(28)29)19(8-11)33-17-7-4-13(21(26)27)10-15(17)23(30)31/h2-10H,1H3. The zero-order valence-electron chi connectivity index (χ0n) is 16.6. The van der Waals surface area contributed by atoms with Crippen LogP contribution in [0.4, 0.5) is 22.7 Å². The molecule has 33 heavy (non-hydrogen) atoms. The van der Waals surface area contributed by atoms with Crippen molar-refractivity contribution < 1.29 is 19.7 Å². The third-order valence-corrected chi connectivity index (χ3v) is 6.63. The van der Waals surface area contributed by atoms with Crippen molar-refractivity contribution in [2.45, 2.75) is 26.5 Å². The molecule has 12 nitrogen and oxygen atoms in total. The summed E-state index contributed by atoms with van der Waals surface area (Å²) in [7, 11) is 0. The molecule has 168 valence electrons. The first-order valence-corrected chi connectivity index (χ1v) is 10.5. The molecule has 3 aromatic rings. The molecule has 0 aliphatic rings. The number of hydrogen-bond donors (Lipinski definition) is 0. The maximum atomic E-state index is 11.5. The molecule has 0 N–H and O–H groups in total. The van der Waals surface area contributed by atoms with Crippen LogP contribution in [-0.2, 0) is 0 Å². The maximum Gasteiger partial charge on any atom is 0.290 e. The predicted octanol–water partition coefficient (Wildman–Crippen LogP) is 5.93. The summed E-state index contributed by atoms with van der Waals surface area (Å²) in [5.74, 6) is 0. The van der Waals surface area contributed by atoms with Crippen molar-refractivity contribution in [3.05, 3.63) is 101 Å². The number of nitro groups is 4. The number of aryl methyl sites for hydroxylation is 1. The van der Waals surface area contributed by atoms with Crippen LogP contribution in [-0.4, -0.2) is 19.7 Å². The Balaban J connectivity index is 2.04. The average Bonchev–Trinajstić information content (AvgIpc) is 2.75. The van der Waals surface area contributed by atoms with Gasteiger partial charge in [0, 0.05) is 21.9 Å². The first-order chi connectivity index (χ1) is 15.6. The van der Waals surface area contributed by atoms with E-state index >= 15 is 0 Å². The molecule has 0 fully saturated rings. The van der Waals surface area contributed by atoms with Crippen LogP contribution < -0.4 is 0 Å². The number of benzene rings is 3. The van der Waals surface area contributed by atoms with E-state index in [2.05, 4.69) is 0 Å². The van der Waals surface area contributed by atoms with Crippen LogP contribution >= 0.6 is 23.5 Å². The highest BCUT2D eigenvalue weighted by Gasteiger charge is 2.24. The summed E-state index contributed by atoms with van der Waals surface area (Å²) in [4.78, 5) is 43.3. The quantitative estimate of drug-likeness (QED) is 0.273. The molecule has 0 unspecified atom stereocenters. The molecule has 14 heteroatoms. The molecule has 3 aromatic carbocycles. The summed E-state index contributed by atoms with van der Waals surface area (Å²) < 4.78 is 0. The summed E-state index contributed by atoms with van der Waals surface area (Å²) in [5.41, 5.74) is -0.943. The van der Waals surface area contributed by atoms with Gasteiger partial charge in [-0.15, -0.1) is 0 Å². The van der Waals surface area contributed by atoms with Gasteiger partial charge in [0.1, 0.15) is 0 Å². The third kappa shape index (κ3) is 5.42. The predicted molar refractivity (Wildman–Crippen MR) is 119 cm³/mol. The molecule has 0 spiro atoms. The molecule has 3 rings (SSSR count). The van der Waals surface area contributed by atoms with Crippen LogP contribution in [0.25, 0.3) is 0 Å². The first kappa shape index (κ1) is 23.6. The van der Waals surface area contributed by atoms with Crippen molar-refractivity contribution in [2.75, 3.05) is 0 Å². The van der Waals surface area contributed by atoms with E-state index in [-0.39, 0.29) is 9.79 Å². The Morgan fingerprint density at radius 3 is 1.39 bits per heavy atom. The van der Waals surface area contributed by atoms with E-state index in [1.165, 1.54) is 12.1 Å². The minimum absolute atomic E-state index is 0.148. The molecular weight excluding hydrogens is 476 g/mol. The smallest absolute Gasteiger partial charge is 0.258 e. The van der Waals surface area contributed by atoms with E-state index in [0.29, 0.717) is 9.79 Å². The number of hydrogen-bond acceptors (Lipinski definition) is 10. The van der Waals surface area contributed by atoms with Crippen molar-refractivity contribution in [1.82, 2.24) is 0 Å². The van der Waals surface area contributed by atoms with Crippen molar-refractivity contribution in [3.63, 3.8) is 0 Å². The second kappa shape index (κ2) is 9.62. The van der Waals surface area contributed by atoms with Crippen molar-refractivity contribution in [1.29, 1.82) is 0 Å². The van der Waals surface area contributed by atoms with E-state index in [1.807, 2.05) is 0 Å². The molecule has 0 heterocycles. The summed E-state index contributed by atoms with van der Waals surface area (Å²) in [6.07, 6.45) is 0. The van der Waals surface area contributed by atoms with Crippen LogP contribution in [0.2, 0.25) is 0 Å². The fourth-order valence-electron chi connectivity index (χ4n) is 2.71. The van der Waals surface area contributed by atoms with E-state index in [0.717, 1.165) is 53.4 Å². The number of nitrogens with zero attached hydrogens (tertiary/aromatic N) is 4. The number of non-ortho nitro benzene ring substituents is 2. The zero-order chi connectivity index (χ0) is 24.3. The van der Waals surface area contributed by atoms with E-state index in [1.54, 1.807) is 25.1 Å². The fraction of sp³-hybridized carbons (Fsp3) is 0.0526. The molecule has 0 aliphatic heterocycles. The van der Waals surface area contributed by atoms with Gasteiger partial charge in [0.15, 0.2) is 0 Å².